The highest BCUT2D eigenvalue weighted by molar-refractivity contribution is 5.95. The number of rotatable bonds is 3. The zero-order valence-electron chi connectivity index (χ0n) is 16.7. The van der Waals surface area contributed by atoms with Gasteiger partial charge in [0.05, 0.1) is 16.4 Å². The Bertz CT molecular complexity index is 1080. The molecule has 0 atom stereocenters. The number of anilines is 2. The molecule has 1 aromatic carbocycles. The van der Waals surface area contributed by atoms with Gasteiger partial charge in [-0.25, -0.2) is 9.97 Å². The minimum absolute atomic E-state index is 0.152. The summed E-state index contributed by atoms with van der Waals surface area (Å²) in [5.41, 5.74) is 0.516. The van der Waals surface area contributed by atoms with Crippen LogP contribution in [0.4, 0.5) is 24.7 Å². The molecule has 9 heteroatoms. The van der Waals surface area contributed by atoms with Gasteiger partial charge in [0.15, 0.2) is 0 Å². The van der Waals surface area contributed by atoms with Crippen LogP contribution in [0.25, 0.3) is 11.0 Å². The lowest BCUT2D eigenvalue weighted by atomic mass is 9.79. The first-order valence-electron chi connectivity index (χ1n) is 9.70. The number of nitrogens with zero attached hydrogens (tertiary/aromatic N) is 3. The second kappa shape index (κ2) is 7.30. The molecule has 1 fully saturated rings. The third-order valence-corrected chi connectivity index (χ3v) is 5.81. The van der Waals surface area contributed by atoms with E-state index in [1.54, 1.807) is 0 Å². The van der Waals surface area contributed by atoms with E-state index in [9.17, 15) is 18.0 Å². The molecule has 1 amide bonds. The van der Waals surface area contributed by atoms with Crippen LogP contribution in [-0.4, -0.2) is 33.9 Å². The number of carbonyl (C=O) groups excluding carboxylic acids is 1. The van der Waals surface area contributed by atoms with Crippen molar-refractivity contribution in [1.29, 1.82) is 0 Å². The number of halogens is 3. The Labute approximate surface area is 171 Å². The van der Waals surface area contributed by atoms with Crippen molar-refractivity contribution < 1.29 is 18.0 Å². The molecule has 4 rings (SSSR count). The van der Waals surface area contributed by atoms with Crippen molar-refractivity contribution in [2.45, 2.75) is 32.9 Å². The molecule has 2 N–H and O–H groups in total. The average molecular weight is 417 g/mol. The molecule has 0 saturated carbocycles. The number of hydrogen-bond donors (Lipinski definition) is 2. The normalized spacial score (nSPS) is 16.6. The zero-order chi connectivity index (χ0) is 21.5. The van der Waals surface area contributed by atoms with Crippen molar-refractivity contribution in [1.82, 2.24) is 15.0 Å². The predicted molar refractivity (Wildman–Crippen MR) is 108 cm³/mol. The number of carbonyl (C=O) groups is 1. The Morgan fingerprint density at radius 3 is 2.67 bits per heavy atom. The molecule has 1 aliphatic heterocycles. The lowest BCUT2D eigenvalue weighted by molar-refractivity contribution is -0.137. The number of aryl methyl sites for hydroxylation is 1. The molecule has 3 aromatic rings. The Balaban J connectivity index is 1.47. The number of fused-ring (bicyclic) bond motifs is 1. The number of piperidine rings is 1. The molecule has 0 spiro atoms. The summed E-state index contributed by atoms with van der Waals surface area (Å²) in [6.45, 7) is 5.07. The smallest absolute Gasteiger partial charge is 0.356 e. The summed E-state index contributed by atoms with van der Waals surface area (Å²) in [6.07, 6.45) is 0.0793. The number of hydrogen-bond acceptors (Lipinski definition) is 4. The molecule has 3 heterocycles. The molecule has 158 valence electrons. The molecular weight excluding hydrogens is 395 g/mol. The number of nitrogens with one attached hydrogen (secondary N) is 2. The molecule has 0 unspecified atom stereocenters. The van der Waals surface area contributed by atoms with Crippen LogP contribution in [0.1, 0.15) is 30.9 Å². The van der Waals surface area contributed by atoms with E-state index in [1.807, 2.05) is 20.0 Å². The zero-order valence-corrected chi connectivity index (χ0v) is 16.7. The van der Waals surface area contributed by atoms with Crippen molar-refractivity contribution in [3.8, 4) is 0 Å². The van der Waals surface area contributed by atoms with Crippen LogP contribution in [-0.2, 0) is 11.0 Å². The summed E-state index contributed by atoms with van der Waals surface area (Å²) in [5, 5.41) is 3.63. The maximum Gasteiger partial charge on any atom is 0.416 e. The van der Waals surface area contributed by atoms with Crippen molar-refractivity contribution in [3.05, 3.63) is 47.9 Å². The third-order valence-electron chi connectivity index (χ3n) is 5.81. The lowest BCUT2D eigenvalue weighted by Crippen LogP contribution is -2.45. The summed E-state index contributed by atoms with van der Waals surface area (Å²) >= 11 is 0. The molecule has 6 nitrogen and oxygen atoms in total. The second-order valence-electron chi connectivity index (χ2n) is 7.97. The first kappa shape index (κ1) is 20.2. The quantitative estimate of drug-likeness (QED) is 0.657. The number of benzene rings is 1. The van der Waals surface area contributed by atoms with Crippen molar-refractivity contribution in [3.63, 3.8) is 0 Å². The second-order valence-corrected chi connectivity index (χ2v) is 7.97. The first-order valence-corrected chi connectivity index (χ1v) is 9.70. The number of aromatic nitrogens is 3. The maximum atomic E-state index is 12.9. The van der Waals surface area contributed by atoms with Crippen LogP contribution in [0.5, 0.6) is 0 Å². The van der Waals surface area contributed by atoms with Gasteiger partial charge in [0, 0.05) is 25.0 Å². The number of alkyl halides is 3. The van der Waals surface area contributed by atoms with Crippen molar-refractivity contribution in [2.24, 2.45) is 5.41 Å². The summed E-state index contributed by atoms with van der Waals surface area (Å²) in [5.74, 6) is 0.561. The van der Waals surface area contributed by atoms with E-state index in [0.29, 0.717) is 25.9 Å². The van der Waals surface area contributed by atoms with Gasteiger partial charge < -0.3 is 15.2 Å². The van der Waals surface area contributed by atoms with Crippen molar-refractivity contribution in [2.75, 3.05) is 23.3 Å². The maximum absolute atomic E-state index is 12.9. The molecule has 0 aliphatic carbocycles. The standard InChI is InChI=1S/C21H22F3N5O/c1-13-11-25-17-16(13)18(27-12-26-17)29-8-6-20(2,7-9-29)19(30)28-15-5-3-4-14(10-15)21(22,23)24/h3-5,10-12H,6-9H2,1-2H3,(H,28,30)(H,25,26,27). The van der Waals surface area contributed by atoms with E-state index in [0.717, 1.165) is 34.5 Å². The average Bonchev–Trinajstić information content (AvgIpc) is 3.09. The van der Waals surface area contributed by atoms with Crippen LogP contribution in [0.2, 0.25) is 0 Å². The van der Waals surface area contributed by atoms with Crippen LogP contribution in [0.3, 0.4) is 0 Å². The Hall–Kier alpha value is -3.10. The van der Waals surface area contributed by atoms with Gasteiger partial charge in [-0.05, 0) is 43.5 Å². The van der Waals surface area contributed by atoms with Crippen LogP contribution < -0.4 is 10.2 Å². The SMILES string of the molecule is Cc1c[nH]c2ncnc(N3CCC(C)(C(=O)Nc4cccc(C(F)(F)F)c4)CC3)c12. The first-order chi connectivity index (χ1) is 14.2. The molecule has 2 aromatic heterocycles. The fourth-order valence-corrected chi connectivity index (χ4v) is 3.83. The van der Waals surface area contributed by atoms with E-state index in [1.165, 1.54) is 18.5 Å². The van der Waals surface area contributed by atoms with E-state index in [-0.39, 0.29) is 11.6 Å². The van der Waals surface area contributed by atoms with E-state index in [2.05, 4.69) is 25.2 Å². The van der Waals surface area contributed by atoms with Gasteiger partial charge >= 0.3 is 6.18 Å². The van der Waals surface area contributed by atoms with Gasteiger partial charge in [0.25, 0.3) is 0 Å². The highest BCUT2D eigenvalue weighted by atomic mass is 19.4. The Kier molecular flexibility index (Phi) is 4.91. The van der Waals surface area contributed by atoms with Gasteiger partial charge in [-0.3, -0.25) is 4.79 Å². The molecular formula is C21H22F3N5O. The van der Waals surface area contributed by atoms with Crippen LogP contribution in [0.15, 0.2) is 36.8 Å². The highest BCUT2D eigenvalue weighted by Crippen LogP contribution is 2.36. The summed E-state index contributed by atoms with van der Waals surface area (Å²) < 4.78 is 38.8. The minimum Gasteiger partial charge on any atom is -0.356 e. The molecule has 0 radical (unpaired) electrons. The van der Waals surface area contributed by atoms with Gasteiger partial charge in [-0.15, -0.1) is 0 Å². The number of H-pyrrole nitrogens is 1. The van der Waals surface area contributed by atoms with Crippen LogP contribution in [0, 0.1) is 12.3 Å². The molecule has 0 bridgehead atoms. The predicted octanol–water partition coefficient (Wildman–Crippen LogP) is 4.53. The molecule has 1 aliphatic rings. The lowest BCUT2D eigenvalue weighted by Gasteiger charge is -2.39. The fourth-order valence-electron chi connectivity index (χ4n) is 3.83. The van der Waals surface area contributed by atoms with Gasteiger partial charge in [-0.1, -0.05) is 13.0 Å². The third kappa shape index (κ3) is 3.71. The number of aromatic amines is 1. The van der Waals surface area contributed by atoms with Crippen LogP contribution >= 0.6 is 0 Å². The van der Waals surface area contributed by atoms with Gasteiger partial charge in [0.2, 0.25) is 5.91 Å². The number of amides is 1. The monoisotopic (exact) mass is 417 g/mol. The van der Waals surface area contributed by atoms with E-state index >= 15 is 0 Å². The fraction of sp³-hybridized carbons (Fsp3) is 0.381. The topological polar surface area (TPSA) is 73.9 Å². The Morgan fingerprint density at radius 2 is 1.97 bits per heavy atom. The summed E-state index contributed by atoms with van der Waals surface area (Å²) in [4.78, 5) is 26.8. The summed E-state index contributed by atoms with van der Waals surface area (Å²) in [6, 6.07) is 4.71. The minimum atomic E-state index is -4.45. The van der Waals surface area contributed by atoms with E-state index in [4.69, 9.17) is 0 Å². The molecule has 1 saturated heterocycles. The Morgan fingerprint density at radius 1 is 1.23 bits per heavy atom. The summed E-state index contributed by atoms with van der Waals surface area (Å²) in [7, 11) is 0. The largest absolute Gasteiger partial charge is 0.416 e. The van der Waals surface area contributed by atoms with E-state index < -0.39 is 17.2 Å². The highest BCUT2D eigenvalue weighted by Gasteiger charge is 2.38. The van der Waals surface area contributed by atoms with Crippen molar-refractivity contribution >= 4 is 28.4 Å². The van der Waals surface area contributed by atoms with Gasteiger partial charge in [-0.2, -0.15) is 13.2 Å². The van der Waals surface area contributed by atoms with Gasteiger partial charge in [0.1, 0.15) is 17.8 Å². The molecule has 30 heavy (non-hydrogen) atoms.